The van der Waals surface area contributed by atoms with E-state index in [1.54, 1.807) is 12.1 Å². The Labute approximate surface area is 107 Å². The first-order valence-electron chi connectivity index (χ1n) is 6.30. The van der Waals surface area contributed by atoms with E-state index in [0.717, 1.165) is 31.3 Å². The summed E-state index contributed by atoms with van der Waals surface area (Å²) in [6, 6.07) is 7.18. The number of rotatable bonds is 7. The molecule has 4 heteroatoms. The Balaban J connectivity index is 1.60. The van der Waals surface area contributed by atoms with Crippen molar-refractivity contribution in [2.45, 2.75) is 25.6 Å². The fraction of sp³-hybridized carbons (Fsp3) is 0.500. The third-order valence-corrected chi connectivity index (χ3v) is 2.79. The molecule has 0 N–H and O–H groups in total. The van der Waals surface area contributed by atoms with Gasteiger partial charge in [-0.05, 0) is 31.4 Å². The predicted molar refractivity (Wildman–Crippen MR) is 66.9 cm³/mol. The fourth-order valence-corrected chi connectivity index (χ4v) is 1.85. The zero-order chi connectivity index (χ0) is 12.6. The van der Waals surface area contributed by atoms with Gasteiger partial charge in [-0.15, -0.1) is 0 Å². The van der Waals surface area contributed by atoms with Gasteiger partial charge in [-0.2, -0.15) is 0 Å². The number of carbonyl (C=O) groups is 1. The minimum atomic E-state index is -0.0246. The zero-order valence-corrected chi connectivity index (χ0v) is 10.3. The fourth-order valence-electron chi connectivity index (χ4n) is 1.85. The topological polar surface area (TPSA) is 44.8 Å². The summed E-state index contributed by atoms with van der Waals surface area (Å²) < 4.78 is 16.3. The molecule has 0 atom stereocenters. The van der Waals surface area contributed by atoms with Crippen LogP contribution in [0.25, 0.3) is 0 Å². The third kappa shape index (κ3) is 4.13. The van der Waals surface area contributed by atoms with Gasteiger partial charge in [-0.1, -0.05) is 12.1 Å². The molecule has 0 unspecified atom stereocenters. The molecule has 0 aromatic heterocycles. The van der Waals surface area contributed by atoms with Crippen LogP contribution in [0.15, 0.2) is 24.3 Å². The number of aldehydes is 1. The molecule has 1 aliphatic heterocycles. The van der Waals surface area contributed by atoms with E-state index in [0.29, 0.717) is 25.4 Å². The van der Waals surface area contributed by atoms with Crippen LogP contribution < -0.4 is 4.74 Å². The van der Waals surface area contributed by atoms with Crippen molar-refractivity contribution in [3.8, 4) is 5.75 Å². The lowest BCUT2D eigenvalue weighted by Gasteiger charge is -2.09. The van der Waals surface area contributed by atoms with Crippen molar-refractivity contribution in [1.29, 1.82) is 0 Å². The summed E-state index contributed by atoms with van der Waals surface area (Å²) >= 11 is 0. The van der Waals surface area contributed by atoms with E-state index in [9.17, 15) is 4.79 Å². The highest BCUT2D eigenvalue weighted by atomic mass is 16.7. The number of carbonyl (C=O) groups excluding carboxylic acids is 1. The van der Waals surface area contributed by atoms with E-state index in [1.165, 1.54) is 0 Å². The normalized spacial score (nSPS) is 15.8. The molecule has 98 valence electrons. The van der Waals surface area contributed by atoms with Gasteiger partial charge < -0.3 is 14.2 Å². The molecule has 1 heterocycles. The van der Waals surface area contributed by atoms with Crippen molar-refractivity contribution in [3.63, 3.8) is 0 Å². The van der Waals surface area contributed by atoms with Crippen LogP contribution in [0, 0.1) is 0 Å². The molecular weight excluding hydrogens is 232 g/mol. The Morgan fingerprint density at radius 1 is 1.28 bits per heavy atom. The molecule has 1 aromatic carbocycles. The highest BCUT2D eigenvalue weighted by Gasteiger charge is 2.14. The highest BCUT2D eigenvalue weighted by Crippen LogP contribution is 2.14. The van der Waals surface area contributed by atoms with Crippen LogP contribution in [0.2, 0.25) is 0 Å². The Kier molecular flexibility index (Phi) is 5.17. The van der Waals surface area contributed by atoms with Crippen LogP contribution in [-0.2, 0) is 9.47 Å². The second-order valence-corrected chi connectivity index (χ2v) is 4.21. The molecule has 0 bridgehead atoms. The van der Waals surface area contributed by atoms with Gasteiger partial charge in [0.15, 0.2) is 6.29 Å². The molecule has 0 saturated carbocycles. The molecule has 18 heavy (non-hydrogen) atoms. The van der Waals surface area contributed by atoms with Gasteiger partial charge >= 0.3 is 0 Å². The Morgan fingerprint density at radius 2 is 2.11 bits per heavy atom. The first-order valence-corrected chi connectivity index (χ1v) is 6.30. The maximum absolute atomic E-state index is 10.6. The summed E-state index contributed by atoms with van der Waals surface area (Å²) in [6.45, 7) is 2.06. The number of ether oxygens (including phenoxy) is 3. The van der Waals surface area contributed by atoms with Gasteiger partial charge in [-0.25, -0.2) is 0 Å². The zero-order valence-electron chi connectivity index (χ0n) is 10.3. The molecule has 1 fully saturated rings. The molecular formula is C14H18O4. The monoisotopic (exact) mass is 250 g/mol. The molecule has 0 radical (unpaired) electrons. The average molecular weight is 250 g/mol. The molecule has 0 aliphatic carbocycles. The molecule has 1 aromatic rings. The standard InChI is InChI=1S/C14H18O4/c15-11-12-4-3-5-13(10-12)16-7-2-1-6-14-17-8-9-18-14/h3-5,10-11,14H,1-2,6-9H2. The van der Waals surface area contributed by atoms with Gasteiger partial charge in [0.25, 0.3) is 0 Å². The largest absolute Gasteiger partial charge is 0.494 e. The van der Waals surface area contributed by atoms with Gasteiger partial charge in [0, 0.05) is 5.56 Å². The summed E-state index contributed by atoms with van der Waals surface area (Å²) in [6.07, 6.45) is 3.68. The van der Waals surface area contributed by atoms with E-state index in [1.807, 2.05) is 12.1 Å². The summed E-state index contributed by atoms with van der Waals surface area (Å²) in [5, 5.41) is 0. The maximum atomic E-state index is 10.6. The second-order valence-electron chi connectivity index (χ2n) is 4.21. The lowest BCUT2D eigenvalue weighted by molar-refractivity contribution is -0.0482. The smallest absolute Gasteiger partial charge is 0.157 e. The molecule has 4 nitrogen and oxygen atoms in total. The molecule has 1 saturated heterocycles. The van der Waals surface area contributed by atoms with Gasteiger partial charge in [0.05, 0.1) is 19.8 Å². The van der Waals surface area contributed by atoms with E-state index in [4.69, 9.17) is 14.2 Å². The van der Waals surface area contributed by atoms with E-state index in [-0.39, 0.29) is 6.29 Å². The van der Waals surface area contributed by atoms with Gasteiger partial charge in [-0.3, -0.25) is 4.79 Å². The predicted octanol–water partition coefficient (Wildman–Crippen LogP) is 2.42. The average Bonchev–Trinajstić information content (AvgIpc) is 2.92. The highest BCUT2D eigenvalue weighted by molar-refractivity contribution is 5.75. The minimum absolute atomic E-state index is 0.0246. The van der Waals surface area contributed by atoms with E-state index < -0.39 is 0 Å². The van der Waals surface area contributed by atoms with Gasteiger partial charge in [0.1, 0.15) is 12.0 Å². The first kappa shape index (κ1) is 13.1. The lowest BCUT2D eigenvalue weighted by Crippen LogP contribution is -2.08. The number of hydrogen-bond donors (Lipinski definition) is 0. The van der Waals surface area contributed by atoms with Crippen molar-refractivity contribution in [2.75, 3.05) is 19.8 Å². The summed E-state index contributed by atoms with van der Waals surface area (Å²) in [5.41, 5.74) is 0.639. The number of unbranched alkanes of at least 4 members (excludes halogenated alkanes) is 1. The SMILES string of the molecule is O=Cc1cccc(OCCCCC2OCCO2)c1. The van der Waals surface area contributed by atoms with E-state index in [2.05, 4.69) is 0 Å². The third-order valence-electron chi connectivity index (χ3n) is 2.79. The lowest BCUT2D eigenvalue weighted by atomic mass is 10.2. The van der Waals surface area contributed by atoms with Crippen LogP contribution >= 0.6 is 0 Å². The molecule has 0 spiro atoms. The second kappa shape index (κ2) is 7.13. The van der Waals surface area contributed by atoms with Crippen LogP contribution in [-0.4, -0.2) is 32.4 Å². The van der Waals surface area contributed by atoms with E-state index >= 15 is 0 Å². The van der Waals surface area contributed by atoms with Crippen LogP contribution in [0.1, 0.15) is 29.6 Å². The summed E-state index contributed by atoms with van der Waals surface area (Å²) in [4.78, 5) is 10.6. The molecule has 2 rings (SSSR count). The first-order chi connectivity index (χ1) is 8.88. The van der Waals surface area contributed by atoms with Crippen molar-refractivity contribution in [1.82, 2.24) is 0 Å². The van der Waals surface area contributed by atoms with Crippen molar-refractivity contribution < 1.29 is 19.0 Å². The van der Waals surface area contributed by atoms with Crippen molar-refractivity contribution in [2.24, 2.45) is 0 Å². The number of benzene rings is 1. The van der Waals surface area contributed by atoms with Crippen molar-refractivity contribution in [3.05, 3.63) is 29.8 Å². The quantitative estimate of drug-likeness (QED) is 0.550. The van der Waals surface area contributed by atoms with Crippen LogP contribution in [0.5, 0.6) is 5.75 Å². The Morgan fingerprint density at radius 3 is 2.89 bits per heavy atom. The molecule has 0 amide bonds. The van der Waals surface area contributed by atoms with Crippen LogP contribution in [0.4, 0.5) is 0 Å². The van der Waals surface area contributed by atoms with Crippen LogP contribution in [0.3, 0.4) is 0 Å². The minimum Gasteiger partial charge on any atom is -0.494 e. The number of hydrogen-bond acceptors (Lipinski definition) is 4. The summed E-state index contributed by atoms with van der Waals surface area (Å²) in [7, 11) is 0. The Hall–Kier alpha value is -1.39. The Bertz CT molecular complexity index is 372. The van der Waals surface area contributed by atoms with Gasteiger partial charge in [0.2, 0.25) is 0 Å². The maximum Gasteiger partial charge on any atom is 0.157 e. The molecule has 1 aliphatic rings. The summed E-state index contributed by atoms with van der Waals surface area (Å²) in [5.74, 6) is 0.743. The van der Waals surface area contributed by atoms with Crippen molar-refractivity contribution >= 4 is 6.29 Å².